The number of benzene rings is 1. The highest BCUT2D eigenvalue weighted by atomic mass is 16.5. The van der Waals surface area contributed by atoms with E-state index >= 15 is 0 Å². The number of carbonyl (C=O) groups is 1. The topological polar surface area (TPSA) is 50.4 Å². The summed E-state index contributed by atoms with van der Waals surface area (Å²) in [4.78, 5) is 11.9. The van der Waals surface area contributed by atoms with E-state index in [1.165, 1.54) is 11.1 Å². The highest BCUT2D eigenvalue weighted by Crippen LogP contribution is 2.14. The number of rotatable bonds is 8. The second-order valence-corrected chi connectivity index (χ2v) is 5.16. The molecule has 0 fully saturated rings. The van der Waals surface area contributed by atoms with Crippen LogP contribution in [0.15, 0.2) is 24.3 Å². The molecule has 0 aliphatic carbocycles. The van der Waals surface area contributed by atoms with Crippen molar-refractivity contribution in [3.8, 4) is 0 Å². The second kappa shape index (κ2) is 8.72. The molecule has 0 aliphatic rings. The molecular weight excluding hydrogens is 252 g/mol. The van der Waals surface area contributed by atoms with Gasteiger partial charge in [0.15, 0.2) is 0 Å². The standard InChI is InChI=1S/C16H26N2O2/c1-12-7-5-8-15(11-12)13(2)18-14(3)16(19)17-9-6-10-20-4/h5,7-8,11,13-14,18H,6,9-10H2,1-4H3,(H,17,19)/t13-,14?/m0/s1. The summed E-state index contributed by atoms with van der Waals surface area (Å²) in [5.74, 6) is 0.0283. The van der Waals surface area contributed by atoms with Crippen LogP contribution in [0.1, 0.15) is 37.4 Å². The summed E-state index contributed by atoms with van der Waals surface area (Å²) in [6.07, 6.45) is 0.836. The largest absolute Gasteiger partial charge is 0.385 e. The maximum Gasteiger partial charge on any atom is 0.236 e. The van der Waals surface area contributed by atoms with Crippen molar-refractivity contribution in [1.29, 1.82) is 0 Å². The Morgan fingerprint density at radius 2 is 2.10 bits per heavy atom. The number of hydrogen-bond donors (Lipinski definition) is 2. The van der Waals surface area contributed by atoms with Crippen LogP contribution < -0.4 is 10.6 Å². The van der Waals surface area contributed by atoms with Gasteiger partial charge in [-0.3, -0.25) is 10.1 Å². The fourth-order valence-electron chi connectivity index (χ4n) is 2.07. The summed E-state index contributed by atoms with van der Waals surface area (Å²) in [6.45, 7) is 7.35. The summed E-state index contributed by atoms with van der Waals surface area (Å²) in [5.41, 5.74) is 2.43. The van der Waals surface area contributed by atoms with Crippen LogP contribution in [0.5, 0.6) is 0 Å². The number of methoxy groups -OCH3 is 1. The number of ether oxygens (including phenoxy) is 1. The van der Waals surface area contributed by atoms with Crippen molar-refractivity contribution in [2.75, 3.05) is 20.3 Å². The molecule has 0 radical (unpaired) electrons. The average Bonchev–Trinajstić information content (AvgIpc) is 2.43. The number of hydrogen-bond acceptors (Lipinski definition) is 3. The van der Waals surface area contributed by atoms with E-state index in [4.69, 9.17) is 4.74 Å². The van der Waals surface area contributed by atoms with E-state index in [2.05, 4.69) is 42.7 Å². The lowest BCUT2D eigenvalue weighted by Crippen LogP contribution is -2.43. The second-order valence-electron chi connectivity index (χ2n) is 5.16. The van der Waals surface area contributed by atoms with Gasteiger partial charge in [0.1, 0.15) is 0 Å². The van der Waals surface area contributed by atoms with Gasteiger partial charge >= 0.3 is 0 Å². The van der Waals surface area contributed by atoms with Crippen molar-refractivity contribution in [1.82, 2.24) is 10.6 Å². The van der Waals surface area contributed by atoms with Gasteiger partial charge in [-0.15, -0.1) is 0 Å². The third-order valence-electron chi connectivity index (χ3n) is 3.26. The Bertz CT molecular complexity index is 421. The minimum Gasteiger partial charge on any atom is -0.385 e. The molecule has 0 saturated heterocycles. The molecule has 1 amide bonds. The van der Waals surface area contributed by atoms with E-state index in [0.717, 1.165) is 6.42 Å². The van der Waals surface area contributed by atoms with Crippen LogP contribution in [-0.2, 0) is 9.53 Å². The molecular formula is C16H26N2O2. The van der Waals surface area contributed by atoms with Crippen LogP contribution >= 0.6 is 0 Å². The van der Waals surface area contributed by atoms with Gasteiger partial charge in [0.05, 0.1) is 6.04 Å². The molecule has 0 aliphatic heterocycles. The molecule has 1 aromatic rings. The van der Waals surface area contributed by atoms with Crippen LogP contribution in [0.2, 0.25) is 0 Å². The Balaban J connectivity index is 2.40. The zero-order chi connectivity index (χ0) is 15.0. The normalized spacial score (nSPS) is 13.8. The minimum absolute atomic E-state index is 0.0283. The molecule has 2 atom stereocenters. The van der Waals surface area contributed by atoms with Gasteiger partial charge in [-0.05, 0) is 32.8 Å². The van der Waals surface area contributed by atoms with E-state index in [1.54, 1.807) is 7.11 Å². The minimum atomic E-state index is -0.215. The summed E-state index contributed by atoms with van der Waals surface area (Å²) in [5, 5.41) is 6.22. The number of amides is 1. The lowest BCUT2D eigenvalue weighted by molar-refractivity contribution is -0.122. The summed E-state index contributed by atoms with van der Waals surface area (Å²) < 4.78 is 4.95. The molecule has 0 aromatic heterocycles. The van der Waals surface area contributed by atoms with E-state index in [-0.39, 0.29) is 18.0 Å². The summed E-state index contributed by atoms with van der Waals surface area (Å²) in [6, 6.07) is 8.26. The third kappa shape index (κ3) is 5.72. The van der Waals surface area contributed by atoms with Gasteiger partial charge < -0.3 is 10.1 Å². The van der Waals surface area contributed by atoms with Crippen LogP contribution in [0, 0.1) is 6.92 Å². The van der Waals surface area contributed by atoms with Gasteiger partial charge in [-0.1, -0.05) is 29.8 Å². The van der Waals surface area contributed by atoms with Crippen LogP contribution in [0.25, 0.3) is 0 Å². The molecule has 0 heterocycles. The SMILES string of the molecule is COCCCNC(=O)C(C)N[C@@H](C)c1cccc(C)c1. The molecule has 0 saturated carbocycles. The summed E-state index contributed by atoms with van der Waals surface area (Å²) in [7, 11) is 1.66. The molecule has 4 heteroatoms. The molecule has 20 heavy (non-hydrogen) atoms. The molecule has 0 spiro atoms. The molecule has 2 N–H and O–H groups in total. The maximum atomic E-state index is 11.9. The van der Waals surface area contributed by atoms with Crippen molar-refractivity contribution >= 4 is 5.91 Å². The van der Waals surface area contributed by atoms with Crippen molar-refractivity contribution in [3.63, 3.8) is 0 Å². The van der Waals surface area contributed by atoms with Gasteiger partial charge in [0.25, 0.3) is 0 Å². The summed E-state index contributed by atoms with van der Waals surface area (Å²) >= 11 is 0. The Labute approximate surface area is 121 Å². The Hall–Kier alpha value is -1.39. The first-order chi connectivity index (χ1) is 9.54. The fraction of sp³-hybridized carbons (Fsp3) is 0.562. The van der Waals surface area contributed by atoms with Crippen molar-refractivity contribution in [3.05, 3.63) is 35.4 Å². The number of nitrogens with one attached hydrogen (secondary N) is 2. The highest BCUT2D eigenvalue weighted by molar-refractivity contribution is 5.81. The lowest BCUT2D eigenvalue weighted by atomic mass is 10.1. The smallest absolute Gasteiger partial charge is 0.236 e. The average molecular weight is 278 g/mol. The monoisotopic (exact) mass is 278 g/mol. The molecule has 1 aromatic carbocycles. The Morgan fingerprint density at radius 3 is 2.75 bits per heavy atom. The first-order valence-corrected chi connectivity index (χ1v) is 7.14. The van der Waals surface area contributed by atoms with Gasteiger partial charge in [-0.2, -0.15) is 0 Å². The van der Waals surface area contributed by atoms with Crippen molar-refractivity contribution in [2.24, 2.45) is 0 Å². The molecule has 0 bridgehead atoms. The molecule has 1 unspecified atom stereocenters. The quantitative estimate of drug-likeness (QED) is 0.717. The maximum absolute atomic E-state index is 11.9. The predicted molar refractivity (Wildman–Crippen MR) is 81.7 cm³/mol. The fourth-order valence-corrected chi connectivity index (χ4v) is 2.07. The lowest BCUT2D eigenvalue weighted by Gasteiger charge is -2.20. The zero-order valence-corrected chi connectivity index (χ0v) is 12.9. The molecule has 1 rings (SSSR count). The van der Waals surface area contributed by atoms with Gasteiger partial charge in [0, 0.05) is 26.3 Å². The van der Waals surface area contributed by atoms with Crippen molar-refractivity contribution < 1.29 is 9.53 Å². The van der Waals surface area contributed by atoms with E-state index in [1.807, 2.05) is 13.0 Å². The van der Waals surface area contributed by atoms with E-state index in [9.17, 15) is 4.79 Å². The van der Waals surface area contributed by atoms with Gasteiger partial charge in [-0.25, -0.2) is 0 Å². The van der Waals surface area contributed by atoms with E-state index < -0.39 is 0 Å². The van der Waals surface area contributed by atoms with Crippen LogP contribution in [-0.4, -0.2) is 32.2 Å². The third-order valence-corrected chi connectivity index (χ3v) is 3.26. The Morgan fingerprint density at radius 1 is 1.35 bits per heavy atom. The predicted octanol–water partition coefficient (Wildman–Crippen LogP) is 2.19. The molecule has 112 valence electrons. The number of aryl methyl sites for hydroxylation is 1. The first-order valence-electron chi connectivity index (χ1n) is 7.14. The van der Waals surface area contributed by atoms with E-state index in [0.29, 0.717) is 13.2 Å². The van der Waals surface area contributed by atoms with Gasteiger partial charge in [0.2, 0.25) is 5.91 Å². The van der Waals surface area contributed by atoms with Crippen LogP contribution in [0.4, 0.5) is 0 Å². The first kappa shape index (κ1) is 16.7. The van der Waals surface area contributed by atoms with Crippen molar-refractivity contribution in [2.45, 2.75) is 39.3 Å². The van der Waals surface area contributed by atoms with Crippen LogP contribution in [0.3, 0.4) is 0 Å². The Kier molecular flexibility index (Phi) is 7.26. The molecule has 4 nitrogen and oxygen atoms in total. The number of carbonyl (C=O) groups excluding carboxylic acids is 1. The zero-order valence-electron chi connectivity index (χ0n) is 12.9. The highest BCUT2D eigenvalue weighted by Gasteiger charge is 2.15.